The predicted octanol–water partition coefficient (Wildman–Crippen LogP) is 3.36. The minimum atomic E-state index is -2.96. The summed E-state index contributed by atoms with van der Waals surface area (Å²) in [5.41, 5.74) is -0.965. The van der Waals surface area contributed by atoms with Crippen LogP contribution in [-0.2, 0) is 11.1 Å². The van der Waals surface area contributed by atoms with E-state index < -0.39 is 44.9 Å². The molecule has 0 saturated carbocycles. The van der Waals surface area contributed by atoms with E-state index >= 15 is 0 Å². The van der Waals surface area contributed by atoms with Crippen LogP contribution in [0.2, 0.25) is 0 Å². The Morgan fingerprint density at radius 1 is 1.14 bits per heavy atom. The maximum atomic E-state index is 13.9. The molecule has 0 spiro atoms. The molecule has 0 aromatic heterocycles. The van der Waals surface area contributed by atoms with E-state index in [2.05, 4.69) is 21.2 Å². The highest BCUT2D eigenvalue weighted by molar-refractivity contribution is 9.10. The zero-order chi connectivity index (χ0) is 16.4. The van der Waals surface area contributed by atoms with Gasteiger partial charge < -0.3 is 9.87 Å². The zero-order valence-corrected chi connectivity index (χ0v) is 12.9. The van der Waals surface area contributed by atoms with Crippen molar-refractivity contribution in [3.8, 4) is 0 Å². The molecule has 0 radical (unpaired) electrons. The van der Waals surface area contributed by atoms with E-state index in [-0.39, 0.29) is 10.2 Å². The van der Waals surface area contributed by atoms with Crippen LogP contribution in [0.1, 0.15) is 10.4 Å². The monoisotopic (exact) mass is 392 g/mol. The summed E-state index contributed by atoms with van der Waals surface area (Å²) in [6.45, 7) is 0. The Bertz CT molecular complexity index is 785. The highest BCUT2D eigenvalue weighted by Crippen LogP contribution is 2.23. The van der Waals surface area contributed by atoms with Gasteiger partial charge in [0.25, 0.3) is 5.91 Å². The van der Waals surface area contributed by atoms with Crippen LogP contribution in [0.3, 0.4) is 0 Å². The minimum absolute atomic E-state index is 0.0423. The van der Waals surface area contributed by atoms with Crippen molar-refractivity contribution in [3.05, 3.63) is 57.8 Å². The van der Waals surface area contributed by atoms with Gasteiger partial charge in [-0.05, 0) is 57.3 Å². The second-order valence-electron chi connectivity index (χ2n) is 4.05. The Kier molecular flexibility index (Phi) is 4.99. The van der Waals surface area contributed by atoms with Crippen LogP contribution < -0.4 is 5.32 Å². The number of hydrogen-bond donors (Lipinski definition) is 1. The van der Waals surface area contributed by atoms with Gasteiger partial charge in [-0.15, -0.1) is 0 Å². The predicted molar refractivity (Wildman–Crippen MR) is 75.6 cm³/mol. The fourth-order valence-corrected chi connectivity index (χ4v) is 2.44. The molecular formula is C13H6BrF3NO3S-. The van der Waals surface area contributed by atoms with E-state index in [1.54, 1.807) is 0 Å². The summed E-state index contributed by atoms with van der Waals surface area (Å²) in [5, 5.41) is 2.16. The summed E-state index contributed by atoms with van der Waals surface area (Å²) < 4.78 is 62.3. The van der Waals surface area contributed by atoms with Gasteiger partial charge >= 0.3 is 0 Å². The first-order valence-electron chi connectivity index (χ1n) is 5.65. The maximum Gasteiger partial charge on any atom is 0.261 e. The van der Waals surface area contributed by atoms with Crippen molar-refractivity contribution < 1.29 is 26.7 Å². The van der Waals surface area contributed by atoms with E-state index in [4.69, 9.17) is 0 Å². The molecule has 0 saturated heterocycles. The molecule has 0 bridgehead atoms. The third kappa shape index (κ3) is 3.37. The molecule has 0 heterocycles. The van der Waals surface area contributed by atoms with Gasteiger partial charge in [-0.1, -0.05) is 0 Å². The van der Waals surface area contributed by atoms with Crippen molar-refractivity contribution in [1.82, 2.24) is 0 Å². The molecular weight excluding hydrogens is 387 g/mol. The fourth-order valence-electron chi connectivity index (χ4n) is 1.64. The van der Waals surface area contributed by atoms with Gasteiger partial charge in [0, 0.05) is 5.69 Å². The van der Waals surface area contributed by atoms with Gasteiger partial charge in [0.1, 0.15) is 17.2 Å². The smallest absolute Gasteiger partial charge is 0.261 e. The van der Waals surface area contributed by atoms with E-state index in [9.17, 15) is 26.7 Å². The minimum Gasteiger partial charge on any atom is -0.768 e. The lowest BCUT2D eigenvalue weighted by Crippen LogP contribution is -2.17. The summed E-state index contributed by atoms with van der Waals surface area (Å²) in [6.07, 6.45) is 0. The molecule has 0 aliphatic rings. The highest BCUT2D eigenvalue weighted by Gasteiger charge is 2.21. The molecule has 1 unspecified atom stereocenters. The van der Waals surface area contributed by atoms with Crippen molar-refractivity contribution in [2.75, 3.05) is 5.32 Å². The van der Waals surface area contributed by atoms with Gasteiger partial charge in [-0.3, -0.25) is 9.00 Å². The fraction of sp³-hybridized carbons (Fsp3) is 0. The first-order chi connectivity index (χ1) is 10.3. The molecule has 9 heteroatoms. The van der Waals surface area contributed by atoms with Crippen molar-refractivity contribution in [2.24, 2.45) is 0 Å². The molecule has 0 aliphatic carbocycles. The lowest BCUT2D eigenvalue weighted by atomic mass is 10.1. The number of anilines is 1. The van der Waals surface area contributed by atoms with Crippen LogP contribution in [0.25, 0.3) is 0 Å². The Balaban J connectivity index is 2.39. The van der Waals surface area contributed by atoms with Gasteiger partial charge in [0.05, 0.1) is 9.37 Å². The second kappa shape index (κ2) is 6.59. The molecule has 1 N–H and O–H groups in total. The molecule has 1 atom stereocenters. The van der Waals surface area contributed by atoms with Gasteiger partial charge in [0.15, 0.2) is 5.82 Å². The summed E-state index contributed by atoms with van der Waals surface area (Å²) >= 11 is -0.0617. The molecule has 116 valence electrons. The Morgan fingerprint density at radius 2 is 1.77 bits per heavy atom. The number of hydrogen-bond acceptors (Lipinski definition) is 3. The van der Waals surface area contributed by atoms with E-state index in [0.29, 0.717) is 12.1 Å². The summed E-state index contributed by atoms with van der Waals surface area (Å²) in [4.78, 5) is 11.1. The number of carbonyl (C=O) groups excluding carboxylic acids is 1. The van der Waals surface area contributed by atoms with Crippen molar-refractivity contribution >= 4 is 38.6 Å². The third-order valence-electron chi connectivity index (χ3n) is 2.64. The average molecular weight is 393 g/mol. The first kappa shape index (κ1) is 16.7. The van der Waals surface area contributed by atoms with E-state index in [0.717, 1.165) is 6.07 Å². The molecule has 4 nitrogen and oxygen atoms in total. The molecule has 1 amide bonds. The molecule has 0 aliphatic heterocycles. The standard InChI is InChI=1S/C13H7BrF3NO3S/c14-7-5-6(1-2-8(7)15)18-13(19)11-9(16)3-4-10(12(11)17)22(20)21/h1-5H,(H,18,19)(H,20,21)/p-1. The number of halogens is 4. The zero-order valence-electron chi connectivity index (χ0n) is 10.5. The van der Waals surface area contributed by atoms with Crippen LogP contribution in [0.4, 0.5) is 18.9 Å². The largest absolute Gasteiger partial charge is 0.768 e. The lowest BCUT2D eigenvalue weighted by molar-refractivity contribution is 0.101. The Labute approximate surface area is 133 Å². The molecule has 2 aromatic rings. The van der Waals surface area contributed by atoms with Crippen molar-refractivity contribution in [3.63, 3.8) is 0 Å². The van der Waals surface area contributed by atoms with Crippen molar-refractivity contribution in [2.45, 2.75) is 4.90 Å². The van der Waals surface area contributed by atoms with Crippen LogP contribution in [0.5, 0.6) is 0 Å². The van der Waals surface area contributed by atoms with Crippen molar-refractivity contribution in [1.29, 1.82) is 0 Å². The lowest BCUT2D eigenvalue weighted by Gasteiger charge is -2.12. The summed E-state index contributed by atoms with van der Waals surface area (Å²) in [6, 6.07) is 4.79. The van der Waals surface area contributed by atoms with E-state index in [1.807, 2.05) is 0 Å². The topological polar surface area (TPSA) is 69.2 Å². The van der Waals surface area contributed by atoms with Gasteiger partial charge in [0.2, 0.25) is 0 Å². The highest BCUT2D eigenvalue weighted by atomic mass is 79.9. The number of carbonyl (C=O) groups is 1. The summed E-state index contributed by atoms with van der Waals surface area (Å²) in [7, 11) is 0. The summed E-state index contributed by atoms with van der Waals surface area (Å²) in [5.74, 6) is -4.49. The maximum absolute atomic E-state index is 13.9. The van der Waals surface area contributed by atoms with Crippen LogP contribution in [0.15, 0.2) is 39.7 Å². The van der Waals surface area contributed by atoms with Crippen LogP contribution >= 0.6 is 15.9 Å². The number of amides is 1. The van der Waals surface area contributed by atoms with E-state index in [1.165, 1.54) is 12.1 Å². The average Bonchev–Trinajstić information content (AvgIpc) is 2.42. The number of rotatable bonds is 3. The van der Waals surface area contributed by atoms with Gasteiger partial charge in [-0.2, -0.15) is 0 Å². The third-order valence-corrected chi connectivity index (χ3v) is 3.92. The molecule has 22 heavy (non-hydrogen) atoms. The molecule has 0 fully saturated rings. The normalized spacial score (nSPS) is 12.0. The first-order valence-corrected chi connectivity index (χ1v) is 7.51. The SMILES string of the molecule is O=C(Nc1ccc(F)c(Br)c1)c1c(F)ccc(S(=O)[O-])c1F. The molecule has 2 aromatic carbocycles. The van der Waals surface area contributed by atoms with Crippen LogP contribution in [-0.4, -0.2) is 14.7 Å². The number of benzene rings is 2. The van der Waals surface area contributed by atoms with Crippen LogP contribution in [0, 0.1) is 17.5 Å². The van der Waals surface area contributed by atoms with Gasteiger partial charge in [-0.25, -0.2) is 13.2 Å². The Hall–Kier alpha value is -1.71. The molecule has 2 rings (SSSR count). The second-order valence-corrected chi connectivity index (χ2v) is 5.82. The quantitative estimate of drug-likeness (QED) is 0.814. The Morgan fingerprint density at radius 3 is 2.36 bits per heavy atom. The number of nitrogens with one attached hydrogen (secondary N) is 1.